The summed E-state index contributed by atoms with van der Waals surface area (Å²) in [5.74, 6) is 0. The van der Waals surface area contributed by atoms with E-state index in [0.717, 1.165) is 111 Å². The zero-order valence-electron chi connectivity index (χ0n) is 38.2. The van der Waals surface area contributed by atoms with Crippen molar-refractivity contribution in [3.05, 3.63) is 252 Å². The van der Waals surface area contributed by atoms with Crippen LogP contribution in [0.4, 0.5) is 17.1 Å². The van der Waals surface area contributed by atoms with Crippen molar-refractivity contribution in [3.63, 3.8) is 0 Å². The van der Waals surface area contributed by atoms with E-state index in [2.05, 4.69) is 103 Å². The molecule has 0 N–H and O–H groups in total. The Balaban J connectivity index is 1.18. The fraction of sp³-hybridized carbons (Fsp3) is 0. The number of fused-ring (bicyclic) bond motifs is 6. The molecule has 3 heterocycles. The van der Waals surface area contributed by atoms with Gasteiger partial charge in [0.1, 0.15) is 0 Å². The number of nitriles is 2. The molecule has 330 valence electrons. The van der Waals surface area contributed by atoms with E-state index in [9.17, 15) is 10.5 Å². The van der Waals surface area contributed by atoms with Crippen LogP contribution in [0.25, 0.3) is 125 Å². The zero-order valence-corrected chi connectivity index (χ0v) is 38.2. The Hall–Kier alpha value is -10.8. The van der Waals surface area contributed by atoms with Crippen molar-refractivity contribution in [1.82, 2.24) is 14.1 Å². The number of benzene rings is 9. The van der Waals surface area contributed by atoms with E-state index in [0.29, 0.717) is 28.2 Å². The summed E-state index contributed by atoms with van der Waals surface area (Å²) in [6.07, 6.45) is 0. The molecule has 0 bridgehead atoms. The van der Waals surface area contributed by atoms with Crippen LogP contribution in [0.2, 0.25) is 0 Å². The van der Waals surface area contributed by atoms with Crippen molar-refractivity contribution in [2.45, 2.75) is 0 Å². The van der Waals surface area contributed by atoms with Crippen LogP contribution >= 0.6 is 0 Å². The van der Waals surface area contributed by atoms with Gasteiger partial charge in [-0.15, -0.1) is 0 Å². The van der Waals surface area contributed by atoms with Gasteiger partial charge in [-0.25, -0.2) is 19.5 Å². The molecule has 8 nitrogen and oxygen atoms in total. The predicted molar refractivity (Wildman–Crippen MR) is 288 cm³/mol. The Labute approximate surface area is 414 Å². The average molecular weight is 915 g/mol. The van der Waals surface area contributed by atoms with E-state index >= 15 is 0 Å². The van der Waals surface area contributed by atoms with Crippen LogP contribution in [0.1, 0.15) is 11.1 Å². The topological polar surface area (TPSA) is 83.4 Å². The highest BCUT2D eigenvalue weighted by atomic mass is 15.1. The summed E-state index contributed by atoms with van der Waals surface area (Å²) in [5, 5.41) is 23.7. The van der Waals surface area contributed by atoms with E-state index in [-0.39, 0.29) is 0 Å². The first-order valence-corrected chi connectivity index (χ1v) is 23.1. The van der Waals surface area contributed by atoms with Gasteiger partial charge >= 0.3 is 0 Å². The largest absolute Gasteiger partial charge is 0.308 e. The number of hydrogen-bond acceptors (Lipinski definition) is 3. The van der Waals surface area contributed by atoms with E-state index in [1.54, 1.807) is 12.1 Å². The van der Waals surface area contributed by atoms with E-state index in [1.807, 2.05) is 127 Å². The lowest BCUT2D eigenvalue weighted by atomic mass is 9.97. The SMILES string of the molecule is [C-]#[N+]c1cc(C#N)cc(-c2ccc3c(c2)c2ccccc2n3-c2cc([N+]#[C-])c(-c3cc(-c4ccccc4)nc(-c4ccccc4)c3)cc2-n2c3ccccc3c3cc(-c4cc(C#N)cc([N+]#[C-])c4)ccc32)c1. The molecule has 12 rings (SSSR count). The third-order valence-electron chi connectivity index (χ3n) is 13.3. The first-order chi connectivity index (χ1) is 35.4. The Bertz CT molecular complexity index is 4330. The van der Waals surface area contributed by atoms with E-state index in [4.69, 9.17) is 24.7 Å². The molecule has 0 saturated heterocycles. The number of nitrogens with zero attached hydrogens (tertiary/aromatic N) is 8. The molecular formula is C64H34N8. The molecule has 0 aliphatic rings. The van der Waals surface area contributed by atoms with Crippen LogP contribution in [0, 0.1) is 42.4 Å². The van der Waals surface area contributed by atoms with Gasteiger partial charge in [0.25, 0.3) is 0 Å². The van der Waals surface area contributed by atoms with Crippen molar-refractivity contribution in [2.24, 2.45) is 0 Å². The van der Waals surface area contributed by atoms with Gasteiger partial charge in [-0.3, -0.25) is 0 Å². The van der Waals surface area contributed by atoms with Gasteiger partial charge in [0.2, 0.25) is 0 Å². The van der Waals surface area contributed by atoms with Crippen LogP contribution in [-0.4, -0.2) is 14.1 Å². The van der Waals surface area contributed by atoms with E-state index in [1.165, 1.54) is 0 Å². The lowest BCUT2D eigenvalue weighted by molar-refractivity contribution is 1.10. The molecule has 12 aromatic rings. The maximum atomic E-state index is 9.90. The summed E-state index contributed by atoms with van der Waals surface area (Å²) in [5.41, 5.74) is 15.7. The molecular weight excluding hydrogens is 881 g/mol. The fourth-order valence-corrected chi connectivity index (χ4v) is 10.1. The monoisotopic (exact) mass is 914 g/mol. The van der Waals surface area contributed by atoms with Crippen molar-refractivity contribution in [3.8, 4) is 79.4 Å². The molecule has 72 heavy (non-hydrogen) atoms. The second-order valence-corrected chi connectivity index (χ2v) is 17.5. The Morgan fingerprint density at radius 3 is 1.26 bits per heavy atom. The normalized spacial score (nSPS) is 11.0. The van der Waals surface area contributed by atoms with E-state index < -0.39 is 0 Å². The molecule has 0 fully saturated rings. The maximum Gasteiger partial charge on any atom is 0.197 e. The Morgan fingerprint density at radius 1 is 0.361 bits per heavy atom. The molecule has 0 unspecified atom stereocenters. The summed E-state index contributed by atoms with van der Waals surface area (Å²) in [6, 6.07) is 72.5. The highest BCUT2D eigenvalue weighted by Crippen LogP contribution is 2.45. The lowest BCUT2D eigenvalue weighted by Crippen LogP contribution is -2.04. The van der Waals surface area contributed by atoms with Crippen LogP contribution in [-0.2, 0) is 0 Å². The number of para-hydroxylation sites is 2. The Morgan fingerprint density at radius 2 is 0.806 bits per heavy atom. The minimum Gasteiger partial charge on any atom is -0.308 e. The lowest BCUT2D eigenvalue weighted by Gasteiger charge is -2.20. The van der Waals surface area contributed by atoms with Gasteiger partial charge in [-0.1, -0.05) is 109 Å². The van der Waals surface area contributed by atoms with Gasteiger partial charge in [0.05, 0.1) is 76.7 Å². The van der Waals surface area contributed by atoms with Crippen molar-refractivity contribution < 1.29 is 0 Å². The van der Waals surface area contributed by atoms with Gasteiger partial charge in [-0.05, 0) is 130 Å². The summed E-state index contributed by atoms with van der Waals surface area (Å²) in [4.78, 5) is 16.8. The second kappa shape index (κ2) is 17.4. The zero-order chi connectivity index (χ0) is 48.9. The number of aromatic nitrogens is 3. The molecule has 0 atom stereocenters. The second-order valence-electron chi connectivity index (χ2n) is 17.5. The third-order valence-corrected chi connectivity index (χ3v) is 13.3. The average Bonchev–Trinajstić information content (AvgIpc) is 3.96. The Kier molecular flexibility index (Phi) is 10.3. The van der Waals surface area contributed by atoms with Crippen LogP contribution < -0.4 is 0 Å². The molecule has 0 aliphatic carbocycles. The standard InChI is InChI=1S/C64H34N8/c1-67-49-28-40(38-65)26-46(30-49)44-22-24-61-54(32-44)51-18-10-12-20-59(51)71(61)63-36-53(48-34-56(42-14-6-4-7-15-42)70-57(35-48)43-16-8-5-9-17-43)58(69-3)37-64(63)72-60-21-13-11-19-52(60)55-33-45(23-25-62(55)72)47-27-41(39-66)29-50(31-47)68-2/h4-37H. The molecule has 3 aromatic heterocycles. The van der Waals surface area contributed by atoms with Gasteiger partial charge in [-0.2, -0.15) is 10.5 Å². The summed E-state index contributed by atoms with van der Waals surface area (Å²) < 4.78 is 4.52. The van der Waals surface area contributed by atoms with Crippen LogP contribution in [0.5, 0.6) is 0 Å². The number of pyridine rings is 1. The third kappa shape index (κ3) is 7.17. The van der Waals surface area contributed by atoms with Gasteiger partial charge < -0.3 is 9.13 Å². The van der Waals surface area contributed by atoms with Gasteiger partial charge in [0, 0.05) is 43.8 Å². The molecule has 9 aromatic carbocycles. The van der Waals surface area contributed by atoms with Crippen molar-refractivity contribution in [1.29, 1.82) is 10.5 Å². The minimum absolute atomic E-state index is 0.395. The molecule has 8 heteroatoms. The van der Waals surface area contributed by atoms with Gasteiger partial charge in [0.15, 0.2) is 17.1 Å². The minimum atomic E-state index is 0.395. The van der Waals surface area contributed by atoms with Crippen LogP contribution in [0.3, 0.4) is 0 Å². The predicted octanol–water partition coefficient (Wildman–Crippen LogP) is 17.0. The smallest absolute Gasteiger partial charge is 0.197 e. The first kappa shape index (κ1) is 42.5. The fourth-order valence-electron chi connectivity index (χ4n) is 10.1. The quantitative estimate of drug-likeness (QED) is 0.149. The molecule has 0 spiro atoms. The molecule has 0 radical (unpaired) electrons. The summed E-state index contributed by atoms with van der Waals surface area (Å²) in [6.45, 7) is 24.4. The molecule has 0 amide bonds. The number of rotatable bonds is 7. The number of hydrogen-bond donors (Lipinski definition) is 0. The maximum absolute atomic E-state index is 9.90. The van der Waals surface area contributed by atoms with Crippen molar-refractivity contribution in [2.75, 3.05) is 0 Å². The van der Waals surface area contributed by atoms with Crippen LogP contribution in [0.15, 0.2) is 206 Å². The highest BCUT2D eigenvalue weighted by Gasteiger charge is 2.24. The summed E-state index contributed by atoms with van der Waals surface area (Å²) >= 11 is 0. The summed E-state index contributed by atoms with van der Waals surface area (Å²) in [7, 11) is 0. The highest BCUT2D eigenvalue weighted by molar-refractivity contribution is 6.13. The first-order valence-electron chi connectivity index (χ1n) is 23.1. The molecule has 0 saturated carbocycles. The molecule has 0 aliphatic heterocycles. The van der Waals surface area contributed by atoms with Crippen molar-refractivity contribution >= 4 is 60.7 Å².